The van der Waals surface area contributed by atoms with E-state index in [1.165, 1.54) is 9.55 Å². The Balaban J connectivity index is 2.06. The summed E-state index contributed by atoms with van der Waals surface area (Å²) in [6, 6.07) is 8.27. The number of nitrogens with one attached hydrogen (secondary N) is 2. The van der Waals surface area contributed by atoms with Crippen molar-refractivity contribution in [2.75, 3.05) is 6.54 Å². The van der Waals surface area contributed by atoms with E-state index >= 15 is 0 Å². The van der Waals surface area contributed by atoms with Crippen molar-refractivity contribution < 1.29 is 4.79 Å². The number of carbonyl (C=O) groups is 1. The zero-order valence-corrected chi connectivity index (χ0v) is 17.5. The van der Waals surface area contributed by atoms with E-state index in [9.17, 15) is 4.79 Å². The van der Waals surface area contributed by atoms with Gasteiger partial charge in [0.1, 0.15) is 0 Å². The van der Waals surface area contributed by atoms with Crippen LogP contribution in [0.15, 0.2) is 42.0 Å². The molecule has 2 rings (SSSR count). The zero-order valence-electron chi connectivity index (χ0n) is 13.6. The topological polar surface area (TPSA) is 41.1 Å². The second-order valence-corrected chi connectivity index (χ2v) is 10.3. The second-order valence-electron chi connectivity index (χ2n) is 5.56. The van der Waals surface area contributed by atoms with Gasteiger partial charge in [0.05, 0.1) is 0 Å². The predicted octanol–water partition coefficient (Wildman–Crippen LogP) is 3.26. The molecule has 1 aromatic carbocycles. The number of amides is 1. The van der Waals surface area contributed by atoms with Gasteiger partial charge in [-0.3, -0.25) is 0 Å². The van der Waals surface area contributed by atoms with E-state index in [1.807, 2.05) is 24.3 Å². The molecule has 1 amide bonds. The molecule has 4 heteroatoms. The Morgan fingerprint density at radius 2 is 2.05 bits per heavy atom. The van der Waals surface area contributed by atoms with Crippen LogP contribution >= 0.6 is 0 Å². The molecular weight excluding hydrogens is 467 g/mol. The van der Waals surface area contributed by atoms with Crippen LogP contribution in [0.4, 0.5) is 0 Å². The van der Waals surface area contributed by atoms with Crippen LogP contribution in [0.1, 0.15) is 36.2 Å². The van der Waals surface area contributed by atoms with Crippen molar-refractivity contribution in [3.63, 3.8) is 0 Å². The van der Waals surface area contributed by atoms with Gasteiger partial charge >= 0.3 is 139 Å². The van der Waals surface area contributed by atoms with Crippen LogP contribution in [0, 0.1) is 0 Å². The van der Waals surface area contributed by atoms with Crippen LogP contribution in [0.5, 0.6) is 0 Å². The molecule has 2 N–H and O–H groups in total. The molecule has 0 saturated heterocycles. The molecule has 1 aromatic rings. The summed E-state index contributed by atoms with van der Waals surface area (Å²) in [6.45, 7) is 5.14. The van der Waals surface area contributed by atoms with E-state index in [-0.39, 0.29) is 5.91 Å². The van der Waals surface area contributed by atoms with Crippen molar-refractivity contribution in [3.05, 3.63) is 53.1 Å². The van der Waals surface area contributed by atoms with Crippen LogP contribution in [0.25, 0.3) is 5.70 Å². The first-order valence-corrected chi connectivity index (χ1v) is 14.5. The predicted molar refractivity (Wildman–Crippen MR) is 94.1 cm³/mol. The number of hydrogen-bond donors (Lipinski definition) is 2. The molecule has 3 nitrogen and oxygen atoms in total. The summed E-state index contributed by atoms with van der Waals surface area (Å²) in [6.07, 6.45) is 5.48. The Kier molecular flexibility index (Phi) is 6.67. The number of allylic oxidation sites excluding steroid dienone is 2. The van der Waals surface area contributed by atoms with Crippen molar-refractivity contribution >= 4 is 35.8 Å². The second kappa shape index (κ2) is 8.51. The molecule has 116 valence electrons. The van der Waals surface area contributed by atoms with Gasteiger partial charge in [-0.05, 0) is 0 Å². The van der Waals surface area contributed by atoms with E-state index in [2.05, 4.69) is 41.1 Å². The Morgan fingerprint density at radius 1 is 1.32 bits per heavy atom. The van der Waals surface area contributed by atoms with Crippen LogP contribution < -0.4 is 10.6 Å². The molecule has 1 unspecified atom stereocenters. The molecule has 0 bridgehead atoms. The molecule has 0 saturated carbocycles. The van der Waals surface area contributed by atoms with Gasteiger partial charge in [-0.1, -0.05) is 6.92 Å². The van der Waals surface area contributed by atoms with Crippen LogP contribution in [-0.4, -0.2) is 42.7 Å². The average Bonchev–Trinajstić information content (AvgIpc) is 2.54. The van der Waals surface area contributed by atoms with Crippen LogP contribution in [-0.2, 0) is 0 Å². The molecule has 0 aliphatic carbocycles. The first kappa shape index (κ1) is 17.2. The SMILES string of the molecule is CCC1C=C(C)C=C(c2ccc(C(=O)NC[CH2][Pb][CH3])cc2)N1. The monoisotopic (exact) mass is 492 g/mol. The van der Waals surface area contributed by atoms with Crippen LogP contribution in [0.3, 0.4) is 0 Å². The van der Waals surface area contributed by atoms with Crippen molar-refractivity contribution in [3.8, 4) is 0 Å². The third-order valence-corrected chi connectivity index (χ3v) is 6.65. The summed E-state index contributed by atoms with van der Waals surface area (Å²) in [5.74, 6) is 0.0386. The summed E-state index contributed by atoms with van der Waals surface area (Å²) in [5, 5.41) is 6.52. The molecule has 1 heterocycles. The summed E-state index contributed by atoms with van der Waals surface area (Å²) in [4.78, 5) is 12.0. The third-order valence-electron chi connectivity index (χ3n) is 3.74. The van der Waals surface area contributed by atoms with Gasteiger partial charge < -0.3 is 0 Å². The molecule has 1 aliphatic rings. The fourth-order valence-corrected chi connectivity index (χ4v) is 3.92. The van der Waals surface area contributed by atoms with Crippen molar-refractivity contribution in [2.24, 2.45) is 0 Å². The Bertz CT molecular complexity index is 575. The molecule has 1 atom stereocenters. The first-order valence-electron chi connectivity index (χ1n) is 7.84. The van der Waals surface area contributed by atoms with E-state index in [0.717, 1.165) is 29.8 Å². The number of benzene rings is 1. The summed E-state index contributed by atoms with van der Waals surface area (Å²) >= 11 is -0.403. The standard InChI is InChI=1S/C17H21N2O.CH3.Pb/c1-4-15-10-12(3)11-16(19-15)13-6-8-14(9-7-13)17(20)18-5-2;;/h6-11,15,19H,2,4-5H2,1,3H3,(H,18,20);1H3;. The zero-order chi connectivity index (χ0) is 15.9. The van der Waals surface area contributed by atoms with E-state index in [4.69, 9.17) is 0 Å². The van der Waals surface area contributed by atoms with E-state index < -0.39 is 24.2 Å². The first-order chi connectivity index (χ1) is 10.6. The maximum absolute atomic E-state index is 12.0. The van der Waals surface area contributed by atoms with Gasteiger partial charge in [-0.25, -0.2) is 0 Å². The van der Waals surface area contributed by atoms with Gasteiger partial charge in [-0.15, -0.1) is 0 Å². The molecule has 0 spiro atoms. The van der Waals surface area contributed by atoms with Crippen LogP contribution in [0.2, 0.25) is 8.46 Å². The van der Waals surface area contributed by atoms with Gasteiger partial charge in [0.15, 0.2) is 0 Å². The van der Waals surface area contributed by atoms with Gasteiger partial charge in [-0.2, -0.15) is 0 Å². The maximum atomic E-state index is 12.0. The fraction of sp³-hybridized carbons (Fsp3) is 0.389. The minimum absolute atomic E-state index is 0.0386. The molecule has 0 fully saturated rings. The van der Waals surface area contributed by atoms with E-state index in [1.54, 1.807) is 0 Å². The Labute approximate surface area is 145 Å². The molecule has 22 heavy (non-hydrogen) atoms. The Morgan fingerprint density at radius 3 is 2.68 bits per heavy atom. The number of carbonyl (C=O) groups excluding carboxylic acids is 1. The van der Waals surface area contributed by atoms with Crippen molar-refractivity contribution in [2.45, 2.75) is 34.8 Å². The van der Waals surface area contributed by atoms with Gasteiger partial charge in [0, 0.05) is 0 Å². The van der Waals surface area contributed by atoms with Gasteiger partial charge in [0.25, 0.3) is 0 Å². The number of dihydropyridines is 1. The van der Waals surface area contributed by atoms with Crippen molar-refractivity contribution in [1.82, 2.24) is 10.6 Å². The molecule has 1 aliphatic heterocycles. The number of rotatable bonds is 6. The van der Waals surface area contributed by atoms with Crippen molar-refractivity contribution in [1.29, 1.82) is 0 Å². The number of hydrogen-bond acceptors (Lipinski definition) is 2. The minimum atomic E-state index is -0.403. The molecule has 0 aromatic heterocycles. The normalized spacial score (nSPS) is 17.3. The Hall–Kier alpha value is -1.11. The fourth-order valence-electron chi connectivity index (χ4n) is 2.47. The molecule has 2 radical (unpaired) electrons. The summed E-state index contributed by atoms with van der Waals surface area (Å²) in [7, 11) is 0. The third kappa shape index (κ3) is 4.69. The molecular formula is C18H24N2OPb. The summed E-state index contributed by atoms with van der Waals surface area (Å²) < 4.78 is 3.52. The quantitative estimate of drug-likeness (QED) is 0.474. The van der Waals surface area contributed by atoms with E-state index in [0.29, 0.717) is 6.04 Å². The van der Waals surface area contributed by atoms with Gasteiger partial charge in [0.2, 0.25) is 0 Å². The summed E-state index contributed by atoms with van der Waals surface area (Å²) in [5.41, 5.74) is 4.29. The average molecular weight is 492 g/mol.